The van der Waals surface area contributed by atoms with Crippen molar-refractivity contribution >= 4 is 17.5 Å². The monoisotopic (exact) mass is 298 g/mol. The highest BCUT2D eigenvalue weighted by molar-refractivity contribution is 6.02. The Balaban J connectivity index is 1.82. The van der Waals surface area contributed by atoms with Gasteiger partial charge in [0, 0.05) is 18.8 Å². The van der Waals surface area contributed by atoms with Gasteiger partial charge in [0.2, 0.25) is 5.91 Å². The number of rotatable bonds is 2. The largest absolute Gasteiger partial charge is 0.459 e. The van der Waals surface area contributed by atoms with Gasteiger partial charge >= 0.3 is 0 Å². The van der Waals surface area contributed by atoms with Gasteiger partial charge in [-0.15, -0.1) is 0 Å². The minimum Gasteiger partial charge on any atom is -0.459 e. The predicted molar refractivity (Wildman–Crippen MR) is 82.7 cm³/mol. The van der Waals surface area contributed by atoms with Gasteiger partial charge in [0.05, 0.1) is 6.26 Å². The first kappa shape index (κ1) is 14.4. The van der Waals surface area contributed by atoms with Gasteiger partial charge in [0.15, 0.2) is 5.76 Å². The van der Waals surface area contributed by atoms with Crippen molar-refractivity contribution in [1.29, 1.82) is 0 Å². The third-order valence-corrected chi connectivity index (χ3v) is 4.05. The molecule has 1 fully saturated rings. The van der Waals surface area contributed by atoms with E-state index in [1.54, 1.807) is 28.9 Å². The molecule has 2 amide bonds. The van der Waals surface area contributed by atoms with Crippen molar-refractivity contribution in [1.82, 2.24) is 4.90 Å². The first-order valence-electron chi connectivity index (χ1n) is 7.31. The molecule has 5 heteroatoms. The molecule has 0 bridgehead atoms. The van der Waals surface area contributed by atoms with Crippen LogP contribution < -0.4 is 4.90 Å². The number of aryl methyl sites for hydroxylation is 1. The molecule has 22 heavy (non-hydrogen) atoms. The van der Waals surface area contributed by atoms with E-state index < -0.39 is 6.04 Å². The van der Waals surface area contributed by atoms with Gasteiger partial charge in [-0.2, -0.15) is 0 Å². The number of carbonyl (C=O) groups is 2. The molecule has 5 nitrogen and oxygen atoms in total. The molecule has 0 spiro atoms. The summed E-state index contributed by atoms with van der Waals surface area (Å²) in [7, 11) is 0. The van der Waals surface area contributed by atoms with Crippen molar-refractivity contribution in [2.45, 2.75) is 19.9 Å². The maximum Gasteiger partial charge on any atom is 0.290 e. The summed E-state index contributed by atoms with van der Waals surface area (Å²) in [5.41, 5.74) is 1.96. The Morgan fingerprint density at radius 1 is 1.18 bits per heavy atom. The Morgan fingerprint density at radius 3 is 2.64 bits per heavy atom. The number of carbonyl (C=O) groups excluding carboxylic acids is 2. The van der Waals surface area contributed by atoms with Crippen LogP contribution in [0, 0.1) is 6.92 Å². The number of piperazine rings is 1. The van der Waals surface area contributed by atoms with Gasteiger partial charge in [-0.05, 0) is 37.6 Å². The number of benzene rings is 1. The molecule has 1 aromatic heterocycles. The number of para-hydroxylation sites is 1. The van der Waals surface area contributed by atoms with E-state index in [0.29, 0.717) is 13.1 Å². The van der Waals surface area contributed by atoms with Gasteiger partial charge in [0.25, 0.3) is 5.91 Å². The van der Waals surface area contributed by atoms with Crippen LogP contribution in [0.5, 0.6) is 0 Å². The molecule has 0 N–H and O–H groups in total. The summed E-state index contributed by atoms with van der Waals surface area (Å²) in [6, 6.07) is 10.6. The van der Waals surface area contributed by atoms with Crippen molar-refractivity contribution < 1.29 is 14.0 Å². The van der Waals surface area contributed by atoms with E-state index in [1.165, 1.54) is 6.26 Å². The summed E-state index contributed by atoms with van der Waals surface area (Å²) in [5.74, 6) is -0.0419. The SMILES string of the molecule is Cc1ccccc1N1CCN(C(=O)c2ccco2)C(C)C1=O. The molecule has 0 saturated carbocycles. The molecule has 1 aliphatic heterocycles. The van der Waals surface area contributed by atoms with E-state index >= 15 is 0 Å². The molecule has 1 aliphatic rings. The fourth-order valence-electron chi connectivity index (χ4n) is 2.80. The molecule has 1 saturated heterocycles. The van der Waals surface area contributed by atoms with E-state index in [4.69, 9.17) is 4.42 Å². The standard InChI is InChI=1S/C17H18N2O3/c1-12-6-3-4-7-14(12)19-10-9-18(13(2)16(19)20)17(21)15-8-5-11-22-15/h3-8,11,13H,9-10H2,1-2H3. The highest BCUT2D eigenvalue weighted by Crippen LogP contribution is 2.24. The molecule has 114 valence electrons. The highest BCUT2D eigenvalue weighted by Gasteiger charge is 2.36. The van der Waals surface area contributed by atoms with Crippen LogP contribution in [0.25, 0.3) is 0 Å². The molecular weight excluding hydrogens is 280 g/mol. The van der Waals surface area contributed by atoms with Crippen LogP contribution in [0.1, 0.15) is 23.0 Å². The fraction of sp³-hybridized carbons (Fsp3) is 0.294. The van der Waals surface area contributed by atoms with E-state index in [2.05, 4.69) is 0 Å². The van der Waals surface area contributed by atoms with Crippen LogP contribution in [0.15, 0.2) is 47.1 Å². The second kappa shape index (κ2) is 5.67. The van der Waals surface area contributed by atoms with Crippen molar-refractivity contribution in [3.05, 3.63) is 54.0 Å². The Bertz CT molecular complexity index is 694. The first-order chi connectivity index (χ1) is 10.6. The molecular formula is C17H18N2O3. The summed E-state index contributed by atoms with van der Waals surface area (Å²) >= 11 is 0. The van der Waals surface area contributed by atoms with Crippen LogP contribution in [-0.4, -0.2) is 35.8 Å². The van der Waals surface area contributed by atoms with Gasteiger partial charge in [0.1, 0.15) is 6.04 Å². The third-order valence-electron chi connectivity index (χ3n) is 4.05. The summed E-state index contributed by atoms with van der Waals surface area (Å²) in [4.78, 5) is 28.4. The molecule has 0 radical (unpaired) electrons. The number of amides is 2. The summed E-state index contributed by atoms with van der Waals surface area (Å²) in [5, 5.41) is 0. The maximum absolute atomic E-state index is 12.7. The lowest BCUT2D eigenvalue weighted by molar-refractivity contribution is -0.124. The number of anilines is 1. The van der Waals surface area contributed by atoms with E-state index in [9.17, 15) is 9.59 Å². The normalized spacial score (nSPS) is 18.6. The smallest absolute Gasteiger partial charge is 0.290 e. The lowest BCUT2D eigenvalue weighted by Gasteiger charge is -2.39. The lowest BCUT2D eigenvalue weighted by atomic mass is 10.1. The van der Waals surface area contributed by atoms with Gasteiger partial charge < -0.3 is 14.2 Å². The minimum absolute atomic E-state index is 0.0690. The van der Waals surface area contributed by atoms with Crippen LogP contribution in [0.2, 0.25) is 0 Å². The third kappa shape index (κ3) is 2.39. The first-order valence-corrected chi connectivity index (χ1v) is 7.31. The predicted octanol–water partition coefficient (Wildman–Crippen LogP) is 2.47. The second-order valence-corrected chi connectivity index (χ2v) is 5.43. The number of furan rings is 1. The Morgan fingerprint density at radius 2 is 1.95 bits per heavy atom. The molecule has 2 heterocycles. The minimum atomic E-state index is -0.508. The zero-order valence-electron chi connectivity index (χ0n) is 12.7. The Labute approximate surface area is 129 Å². The summed E-state index contributed by atoms with van der Waals surface area (Å²) in [6.45, 7) is 4.71. The average Bonchev–Trinajstić information content (AvgIpc) is 3.05. The van der Waals surface area contributed by atoms with Crippen molar-refractivity contribution in [3.63, 3.8) is 0 Å². The van der Waals surface area contributed by atoms with Gasteiger partial charge in [-0.3, -0.25) is 9.59 Å². The number of hydrogen-bond acceptors (Lipinski definition) is 3. The van der Waals surface area contributed by atoms with Crippen molar-refractivity contribution in [2.24, 2.45) is 0 Å². The number of nitrogens with zero attached hydrogens (tertiary/aromatic N) is 2. The molecule has 2 aromatic rings. The Hall–Kier alpha value is -2.56. The molecule has 1 unspecified atom stereocenters. The van der Waals surface area contributed by atoms with E-state index in [1.807, 2.05) is 31.2 Å². The summed E-state index contributed by atoms with van der Waals surface area (Å²) < 4.78 is 5.15. The summed E-state index contributed by atoms with van der Waals surface area (Å²) in [6.07, 6.45) is 1.46. The average molecular weight is 298 g/mol. The van der Waals surface area contributed by atoms with Gasteiger partial charge in [-0.25, -0.2) is 0 Å². The van der Waals surface area contributed by atoms with Crippen LogP contribution in [0.3, 0.4) is 0 Å². The molecule has 0 aliphatic carbocycles. The second-order valence-electron chi connectivity index (χ2n) is 5.43. The van der Waals surface area contributed by atoms with E-state index in [-0.39, 0.29) is 17.6 Å². The van der Waals surface area contributed by atoms with Crippen LogP contribution in [0.4, 0.5) is 5.69 Å². The zero-order valence-corrected chi connectivity index (χ0v) is 12.7. The maximum atomic E-state index is 12.7. The van der Waals surface area contributed by atoms with Crippen molar-refractivity contribution in [2.75, 3.05) is 18.0 Å². The lowest BCUT2D eigenvalue weighted by Crippen LogP contribution is -2.57. The Kier molecular flexibility index (Phi) is 3.71. The van der Waals surface area contributed by atoms with E-state index in [0.717, 1.165) is 11.3 Å². The van der Waals surface area contributed by atoms with Crippen LogP contribution >= 0.6 is 0 Å². The van der Waals surface area contributed by atoms with Crippen molar-refractivity contribution in [3.8, 4) is 0 Å². The molecule has 3 rings (SSSR count). The molecule has 1 atom stereocenters. The zero-order chi connectivity index (χ0) is 15.7. The topological polar surface area (TPSA) is 53.8 Å². The van der Waals surface area contributed by atoms with Gasteiger partial charge in [-0.1, -0.05) is 18.2 Å². The van der Waals surface area contributed by atoms with Crippen LogP contribution in [-0.2, 0) is 4.79 Å². The quantitative estimate of drug-likeness (QED) is 0.856. The number of hydrogen-bond donors (Lipinski definition) is 0. The molecule has 1 aromatic carbocycles. The highest BCUT2D eigenvalue weighted by atomic mass is 16.3. The fourth-order valence-corrected chi connectivity index (χ4v) is 2.80.